The normalized spacial score (nSPS) is 14.2. The van der Waals surface area contributed by atoms with E-state index in [4.69, 9.17) is 5.73 Å². The highest BCUT2D eigenvalue weighted by atomic mass is 32.1. The molecule has 1 fully saturated rings. The summed E-state index contributed by atoms with van der Waals surface area (Å²) >= 11 is 1.61. The number of aryl methyl sites for hydroxylation is 1. The van der Waals surface area contributed by atoms with Gasteiger partial charge in [0.1, 0.15) is 5.82 Å². The van der Waals surface area contributed by atoms with Gasteiger partial charge in [-0.3, -0.25) is 4.79 Å². The topological polar surface area (TPSA) is 46.3 Å². The molecule has 1 aromatic heterocycles. The van der Waals surface area contributed by atoms with E-state index in [0.29, 0.717) is 17.8 Å². The summed E-state index contributed by atoms with van der Waals surface area (Å²) in [6, 6.07) is 7.16. The van der Waals surface area contributed by atoms with Crippen LogP contribution in [0.3, 0.4) is 0 Å². The van der Waals surface area contributed by atoms with Gasteiger partial charge in [-0.1, -0.05) is 6.07 Å². The lowest BCUT2D eigenvalue weighted by atomic mass is 10.1. The van der Waals surface area contributed by atoms with Crippen molar-refractivity contribution >= 4 is 22.9 Å². The van der Waals surface area contributed by atoms with Crippen LogP contribution in [0.4, 0.5) is 10.1 Å². The van der Waals surface area contributed by atoms with Crippen molar-refractivity contribution in [2.75, 3.05) is 5.73 Å². The van der Waals surface area contributed by atoms with E-state index < -0.39 is 5.82 Å². The molecular formula is C16H17FN2OS. The van der Waals surface area contributed by atoms with Crippen LogP contribution in [0.15, 0.2) is 29.6 Å². The minimum atomic E-state index is -0.467. The van der Waals surface area contributed by atoms with E-state index in [9.17, 15) is 9.18 Å². The molecule has 0 radical (unpaired) electrons. The Morgan fingerprint density at radius 1 is 1.48 bits per heavy atom. The van der Waals surface area contributed by atoms with Crippen LogP contribution >= 0.6 is 11.3 Å². The molecule has 1 saturated carbocycles. The van der Waals surface area contributed by atoms with Crippen molar-refractivity contribution in [1.82, 2.24) is 4.90 Å². The molecule has 1 aliphatic rings. The van der Waals surface area contributed by atoms with Crippen molar-refractivity contribution in [2.24, 2.45) is 0 Å². The molecule has 3 rings (SSSR count). The molecule has 0 atom stereocenters. The zero-order valence-electron chi connectivity index (χ0n) is 11.8. The first-order valence-corrected chi connectivity index (χ1v) is 7.83. The Labute approximate surface area is 127 Å². The van der Waals surface area contributed by atoms with Gasteiger partial charge in [0.15, 0.2) is 0 Å². The van der Waals surface area contributed by atoms with Gasteiger partial charge < -0.3 is 10.6 Å². The number of hydrogen-bond donors (Lipinski definition) is 1. The molecule has 1 amide bonds. The van der Waals surface area contributed by atoms with Gasteiger partial charge >= 0.3 is 0 Å². The number of hydrogen-bond acceptors (Lipinski definition) is 3. The first kappa shape index (κ1) is 14.1. The highest BCUT2D eigenvalue weighted by Crippen LogP contribution is 2.31. The summed E-state index contributed by atoms with van der Waals surface area (Å²) in [4.78, 5) is 15.6. The SMILES string of the molecule is Cc1cc(N)cc(C(=O)N(Cc2cccs2)C2CC2)c1F. The highest BCUT2D eigenvalue weighted by molar-refractivity contribution is 7.09. The van der Waals surface area contributed by atoms with Crippen molar-refractivity contribution in [2.45, 2.75) is 32.4 Å². The molecule has 2 N–H and O–H groups in total. The minimum Gasteiger partial charge on any atom is -0.399 e. The number of nitrogens with zero attached hydrogens (tertiary/aromatic N) is 1. The van der Waals surface area contributed by atoms with E-state index in [0.717, 1.165) is 17.7 Å². The van der Waals surface area contributed by atoms with Gasteiger partial charge in [-0.2, -0.15) is 0 Å². The van der Waals surface area contributed by atoms with Crippen molar-refractivity contribution in [1.29, 1.82) is 0 Å². The molecule has 0 aliphatic heterocycles. The predicted octanol–water partition coefficient (Wildman–Crippen LogP) is 3.58. The molecule has 0 bridgehead atoms. The molecule has 1 aliphatic carbocycles. The Hall–Kier alpha value is -1.88. The van der Waals surface area contributed by atoms with E-state index in [-0.39, 0.29) is 17.5 Å². The molecule has 0 spiro atoms. The van der Waals surface area contributed by atoms with Crippen LogP contribution in [0.1, 0.15) is 33.6 Å². The zero-order chi connectivity index (χ0) is 15.0. The Morgan fingerprint density at radius 3 is 2.86 bits per heavy atom. The van der Waals surface area contributed by atoms with Crippen LogP contribution in [0.25, 0.3) is 0 Å². The number of nitrogens with two attached hydrogens (primary N) is 1. The fourth-order valence-electron chi connectivity index (χ4n) is 2.43. The van der Waals surface area contributed by atoms with Crippen LogP contribution in [0.2, 0.25) is 0 Å². The summed E-state index contributed by atoms with van der Waals surface area (Å²) in [7, 11) is 0. The Balaban J connectivity index is 1.91. The van der Waals surface area contributed by atoms with Crippen molar-refractivity contribution in [3.63, 3.8) is 0 Å². The Kier molecular flexibility index (Phi) is 3.68. The summed E-state index contributed by atoms with van der Waals surface area (Å²) in [5, 5.41) is 1.98. The van der Waals surface area contributed by atoms with Crippen molar-refractivity contribution < 1.29 is 9.18 Å². The number of nitrogen functional groups attached to an aromatic ring is 1. The number of thiophene rings is 1. The molecule has 110 valence electrons. The van der Waals surface area contributed by atoms with Crippen molar-refractivity contribution in [3.05, 3.63) is 51.5 Å². The fraction of sp³-hybridized carbons (Fsp3) is 0.312. The maximum absolute atomic E-state index is 14.3. The fourth-order valence-corrected chi connectivity index (χ4v) is 3.13. The smallest absolute Gasteiger partial charge is 0.257 e. The largest absolute Gasteiger partial charge is 0.399 e. The number of halogens is 1. The number of anilines is 1. The van der Waals surface area contributed by atoms with Gasteiger partial charge in [0, 0.05) is 16.6 Å². The van der Waals surface area contributed by atoms with Gasteiger partial charge in [0.2, 0.25) is 0 Å². The second-order valence-electron chi connectivity index (χ2n) is 5.44. The van der Waals surface area contributed by atoms with Gasteiger partial charge in [-0.15, -0.1) is 11.3 Å². The van der Waals surface area contributed by atoms with Crippen LogP contribution in [0.5, 0.6) is 0 Å². The molecule has 2 aromatic rings. The molecule has 0 unspecified atom stereocenters. The van der Waals surface area contributed by atoms with E-state index in [1.54, 1.807) is 29.2 Å². The third-order valence-corrected chi connectivity index (χ3v) is 4.52. The summed E-state index contributed by atoms with van der Waals surface area (Å²) in [5.74, 6) is -0.732. The molecule has 5 heteroatoms. The second-order valence-corrected chi connectivity index (χ2v) is 6.48. The van der Waals surface area contributed by atoms with Gasteiger partial charge in [0.25, 0.3) is 5.91 Å². The zero-order valence-corrected chi connectivity index (χ0v) is 12.6. The van der Waals surface area contributed by atoms with Gasteiger partial charge in [0.05, 0.1) is 12.1 Å². The second kappa shape index (κ2) is 5.48. The lowest BCUT2D eigenvalue weighted by Crippen LogP contribution is -2.33. The standard InChI is InChI=1S/C16H17FN2OS/c1-10-7-11(18)8-14(15(10)17)16(20)19(12-4-5-12)9-13-3-2-6-21-13/h2-3,6-8,12H,4-5,9,18H2,1H3. The number of rotatable bonds is 4. The van der Waals surface area contributed by atoms with E-state index >= 15 is 0 Å². The molecule has 3 nitrogen and oxygen atoms in total. The van der Waals surface area contributed by atoms with Crippen LogP contribution in [0, 0.1) is 12.7 Å². The quantitative estimate of drug-likeness (QED) is 0.878. The first-order valence-electron chi connectivity index (χ1n) is 6.95. The predicted molar refractivity (Wildman–Crippen MR) is 82.8 cm³/mol. The third kappa shape index (κ3) is 2.93. The number of benzene rings is 1. The average Bonchev–Trinajstić information content (AvgIpc) is 3.16. The van der Waals surface area contributed by atoms with Gasteiger partial charge in [-0.25, -0.2) is 4.39 Å². The summed E-state index contributed by atoms with van der Waals surface area (Å²) in [6.45, 7) is 2.16. The van der Waals surface area contributed by atoms with Crippen LogP contribution in [-0.4, -0.2) is 16.8 Å². The third-order valence-electron chi connectivity index (χ3n) is 3.66. The Bertz CT molecular complexity index is 665. The molecule has 1 aromatic carbocycles. The lowest BCUT2D eigenvalue weighted by molar-refractivity contribution is 0.0727. The highest BCUT2D eigenvalue weighted by Gasteiger charge is 2.34. The molecule has 1 heterocycles. The molecular weight excluding hydrogens is 287 g/mol. The average molecular weight is 304 g/mol. The Morgan fingerprint density at radius 2 is 2.24 bits per heavy atom. The minimum absolute atomic E-state index is 0.0796. The number of carbonyl (C=O) groups is 1. The number of carbonyl (C=O) groups excluding carboxylic acids is 1. The van der Waals surface area contributed by atoms with Crippen molar-refractivity contribution in [3.8, 4) is 0 Å². The summed E-state index contributed by atoms with van der Waals surface area (Å²) in [5.41, 5.74) is 6.67. The van der Waals surface area contributed by atoms with Gasteiger partial charge in [-0.05, 0) is 48.9 Å². The monoisotopic (exact) mass is 304 g/mol. The number of amides is 1. The summed E-state index contributed by atoms with van der Waals surface area (Å²) in [6.07, 6.45) is 1.97. The first-order chi connectivity index (χ1) is 10.1. The summed E-state index contributed by atoms with van der Waals surface area (Å²) < 4.78 is 14.3. The molecule has 21 heavy (non-hydrogen) atoms. The maximum Gasteiger partial charge on any atom is 0.257 e. The molecule has 0 saturated heterocycles. The van der Waals surface area contributed by atoms with E-state index in [1.165, 1.54) is 6.07 Å². The lowest BCUT2D eigenvalue weighted by Gasteiger charge is -2.22. The van der Waals surface area contributed by atoms with E-state index in [1.807, 2.05) is 17.5 Å². The maximum atomic E-state index is 14.3. The van der Waals surface area contributed by atoms with Crippen LogP contribution in [-0.2, 0) is 6.54 Å². The van der Waals surface area contributed by atoms with E-state index in [2.05, 4.69) is 0 Å². The van der Waals surface area contributed by atoms with Crippen LogP contribution < -0.4 is 5.73 Å².